The molecule has 6 heteroatoms. The minimum atomic E-state index is 0.223. The van der Waals surface area contributed by atoms with E-state index in [1.54, 1.807) is 0 Å². The fourth-order valence-corrected chi connectivity index (χ4v) is 3.80. The van der Waals surface area contributed by atoms with Crippen molar-refractivity contribution < 1.29 is 4.79 Å². The molecule has 0 aliphatic carbocycles. The minimum absolute atomic E-state index is 0.223. The smallest absolute Gasteiger partial charge is 0.222 e. The molecular weight excluding hydrogens is 308 g/mol. The van der Waals surface area contributed by atoms with Gasteiger partial charge in [-0.15, -0.1) is 0 Å². The zero-order valence-electron chi connectivity index (χ0n) is 13.9. The van der Waals surface area contributed by atoms with Crippen molar-refractivity contribution in [2.75, 3.05) is 20.6 Å². The molecule has 0 unspecified atom stereocenters. The van der Waals surface area contributed by atoms with Crippen molar-refractivity contribution in [3.8, 4) is 0 Å². The Bertz CT molecular complexity index is 671. The number of hydrogen-bond donors (Lipinski definition) is 0. The molecule has 0 spiro atoms. The van der Waals surface area contributed by atoms with Crippen LogP contribution in [0.4, 0.5) is 0 Å². The maximum absolute atomic E-state index is 12.4. The summed E-state index contributed by atoms with van der Waals surface area (Å²) in [5.74, 6) is 0.223. The Kier molecular flexibility index (Phi) is 5.23. The van der Waals surface area contributed by atoms with E-state index in [1.165, 1.54) is 31.0 Å². The molecule has 1 aromatic carbocycles. The van der Waals surface area contributed by atoms with Crippen LogP contribution < -0.4 is 0 Å². The number of carbonyl (C=O) groups is 1. The summed E-state index contributed by atoms with van der Waals surface area (Å²) in [6.07, 6.45) is 5.40. The maximum Gasteiger partial charge on any atom is 0.222 e. The topological polar surface area (TPSA) is 49.3 Å². The average Bonchev–Trinajstić information content (AvgIpc) is 3.01. The molecule has 2 heterocycles. The molecule has 23 heavy (non-hydrogen) atoms. The SMILES string of the molecule is CN(Cc1ccc2nsnc2c1)C(=O)CC[C@H]1CCCCN1C. The normalized spacial score (nSPS) is 19.1. The highest BCUT2D eigenvalue weighted by atomic mass is 32.1. The van der Waals surface area contributed by atoms with Crippen LogP contribution in [0.1, 0.15) is 37.7 Å². The number of hydrogen-bond acceptors (Lipinski definition) is 5. The molecule has 0 saturated carbocycles. The van der Waals surface area contributed by atoms with Crippen molar-refractivity contribution in [2.24, 2.45) is 0 Å². The van der Waals surface area contributed by atoms with Crippen LogP contribution >= 0.6 is 11.7 Å². The van der Waals surface area contributed by atoms with E-state index in [2.05, 4.69) is 20.7 Å². The van der Waals surface area contributed by atoms with Gasteiger partial charge in [-0.3, -0.25) is 4.79 Å². The first-order valence-electron chi connectivity index (χ1n) is 8.29. The van der Waals surface area contributed by atoms with Crippen molar-refractivity contribution in [1.29, 1.82) is 0 Å². The first-order valence-corrected chi connectivity index (χ1v) is 9.02. The minimum Gasteiger partial charge on any atom is -0.341 e. The predicted octanol–water partition coefficient (Wildman–Crippen LogP) is 2.91. The van der Waals surface area contributed by atoms with Gasteiger partial charge in [0.2, 0.25) is 5.91 Å². The zero-order chi connectivity index (χ0) is 16.2. The van der Waals surface area contributed by atoms with Crippen LogP contribution in [0.3, 0.4) is 0 Å². The standard InChI is InChI=1S/C17H24N4OS/c1-20-10-4-3-5-14(20)7-9-17(22)21(2)12-13-6-8-15-16(11-13)19-23-18-15/h6,8,11,14H,3-5,7,9-10,12H2,1-2H3/t14-/m1/s1. The van der Waals surface area contributed by atoms with Crippen molar-refractivity contribution in [2.45, 2.75) is 44.7 Å². The van der Waals surface area contributed by atoms with Crippen LogP contribution in [0.15, 0.2) is 18.2 Å². The van der Waals surface area contributed by atoms with Gasteiger partial charge in [0.15, 0.2) is 0 Å². The van der Waals surface area contributed by atoms with Gasteiger partial charge in [0.1, 0.15) is 11.0 Å². The van der Waals surface area contributed by atoms with E-state index in [0.29, 0.717) is 19.0 Å². The lowest BCUT2D eigenvalue weighted by molar-refractivity contribution is -0.130. The molecule has 5 nitrogen and oxygen atoms in total. The first kappa shape index (κ1) is 16.3. The number of piperidine rings is 1. The van der Waals surface area contributed by atoms with Gasteiger partial charge in [-0.1, -0.05) is 12.5 Å². The Balaban J connectivity index is 1.52. The van der Waals surface area contributed by atoms with Crippen LogP contribution in [0.2, 0.25) is 0 Å². The lowest BCUT2D eigenvalue weighted by Crippen LogP contribution is -2.37. The monoisotopic (exact) mass is 332 g/mol. The largest absolute Gasteiger partial charge is 0.341 e. The number of fused-ring (bicyclic) bond motifs is 1. The summed E-state index contributed by atoms with van der Waals surface area (Å²) in [5.41, 5.74) is 2.95. The molecule has 3 rings (SSSR count). The molecule has 2 aromatic rings. The van der Waals surface area contributed by atoms with E-state index in [4.69, 9.17) is 0 Å². The lowest BCUT2D eigenvalue weighted by atomic mass is 9.98. The molecular formula is C17H24N4OS. The summed E-state index contributed by atoms with van der Waals surface area (Å²) >= 11 is 1.23. The molecule has 0 bridgehead atoms. The van der Waals surface area contributed by atoms with Gasteiger partial charge in [0.25, 0.3) is 0 Å². The summed E-state index contributed by atoms with van der Waals surface area (Å²) in [6, 6.07) is 6.60. The number of aromatic nitrogens is 2. The number of rotatable bonds is 5. The Morgan fingerprint density at radius 2 is 2.17 bits per heavy atom. The van der Waals surface area contributed by atoms with Crippen molar-refractivity contribution in [3.05, 3.63) is 23.8 Å². The first-order chi connectivity index (χ1) is 11.1. The highest BCUT2D eigenvalue weighted by Crippen LogP contribution is 2.20. The van der Waals surface area contributed by atoms with E-state index in [1.807, 2.05) is 30.1 Å². The lowest BCUT2D eigenvalue weighted by Gasteiger charge is -2.32. The second-order valence-corrected chi connectivity index (χ2v) is 7.03. The van der Waals surface area contributed by atoms with E-state index in [0.717, 1.165) is 29.6 Å². The number of likely N-dealkylation sites (tertiary alicyclic amines) is 1. The van der Waals surface area contributed by atoms with Crippen molar-refractivity contribution in [1.82, 2.24) is 18.5 Å². The van der Waals surface area contributed by atoms with Gasteiger partial charge in [-0.05, 0) is 50.6 Å². The summed E-state index contributed by atoms with van der Waals surface area (Å²) in [6.45, 7) is 1.79. The molecule has 0 N–H and O–H groups in total. The predicted molar refractivity (Wildman–Crippen MR) is 93.4 cm³/mol. The number of carbonyl (C=O) groups excluding carboxylic acids is 1. The Morgan fingerprint density at radius 1 is 1.35 bits per heavy atom. The van der Waals surface area contributed by atoms with Gasteiger partial charge in [0.05, 0.1) is 11.7 Å². The quantitative estimate of drug-likeness (QED) is 0.845. The average molecular weight is 332 g/mol. The number of amides is 1. The van der Waals surface area contributed by atoms with Crippen LogP contribution in [0.5, 0.6) is 0 Å². The van der Waals surface area contributed by atoms with Crippen molar-refractivity contribution >= 4 is 28.7 Å². The molecule has 0 radical (unpaired) electrons. The Labute approximate surface area is 141 Å². The third-order valence-electron chi connectivity index (χ3n) is 4.78. The zero-order valence-corrected chi connectivity index (χ0v) is 14.7. The fraction of sp³-hybridized carbons (Fsp3) is 0.588. The number of benzene rings is 1. The Morgan fingerprint density at radius 3 is 3.00 bits per heavy atom. The van der Waals surface area contributed by atoms with E-state index >= 15 is 0 Å². The van der Waals surface area contributed by atoms with E-state index in [9.17, 15) is 4.79 Å². The second kappa shape index (κ2) is 7.36. The van der Waals surface area contributed by atoms with Crippen LogP contribution in [0, 0.1) is 0 Å². The molecule has 124 valence electrons. The molecule has 1 aliphatic heterocycles. The highest BCUT2D eigenvalue weighted by molar-refractivity contribution is 7.00. The van der Waals surface area contributed by atoms with Gasteiger partial charge in [0, 0.05) is 26.1 Å². The van der Waals surface area contributed by atoms with E-state index < -0.39 is 0 Å². The summed E-state index contributed by atoms with van der Waals surface area (Å²) in [4.78, 5) is 16.6. The van der Waals surface area contributed by atoms with E-state index in [-0.39, 0.29) is 5.91 Å². The van der Waals surface area contributed by atoms with Gasteiger partial charge in [-0.25, -0.2) is 0 Å². The summed E-state index contributed by atoms with van der Waals surface area (Å²) in [5, 5.41) is 0. The molecule has 1 aromatic heterocycles. The van der Waals surface area contributed by atoms with Gasteiger partial charge < -0.3 is 9.80 Å². The third kappa shape index (κ3) is 4.06. The second-order valence-electron chi connectivity index (χ2n) is 6.51. The molecule has 1 aliphatic rings. The summed E-state index contributed by atoms with van der Waals surface area (Å²) < 4.78 is 8.47. The van der Waals surface area contributed by atoms with Crippen LogP contribution in [-0.2, 0) is 11.3 Å². The molecule has 1 fully saturated rings. The highest BCUT2D eigenvalue weighted by Gasteiger charge is 2.20. The summed E-state index contributed by atoms with van der Waals surface area (Å²) in [7, 11) is 4.06. The van der Waals surface area contributed by atoms with Crippen LogP contribution in [0.25, 0.3) is 11.0 Å². The van der Waals surface area contributed by atoms with Crippen molar-refractivity contribution in [3.63, 3.8) is 0 Å². The molecule has 1 saturated heterocycles. The maximum atomic E-state index is 12.4. The molecule has 1 amide bonds. The third-order valence-corrected chi connectivity index (χ3v) is 5.33. The molecule has 1 atom stereocenters. The Hall–Kier alpha value is -1.53. The number of nitrogens with zero attached hydrogens (tertiary/aromatic N) is 4. The fourth-order valence-electron chi connectivity index (χ4n) is 3.28. The van der Waals surface area contributed by atoms with Gasteiger partial charge >= 0.3 is 0 Å². The van der Waals surface area contributed by atoms with Gasteiger partial charge in [-0.2, -0.15) is 8.75 Å². The van der Waals surface area contributed by atoms with Crippen LogP contribution in [-0.4, -0.2) is 51.1 Å².